The Morgan fingerprint density at radius 3 is 2.62 bits per heavy atom. The molecule has 126 valence electrons. The fourth-order valence-corrected chi connectivity index (χ4v) is 2.02. The molecule has 0 radical (unpaired) electrons. The van der Waals surface area contributed by atoms with Gasteiger partial charge in [0.15, 0.2) is 6.61 Å². The van der Waals surface area contributed by atoms with Crippen molar-refractivity contribution in [3.05, 3.63) is 54.1 Å². The van der Waals surface area contributed by atoms with Crippen molar-refractivity contribution in [1.82, 2.24) is 20.6 Å². The van der Waals surface area contributed by atoms with E-state index in [1.54, 1.807) is 12.1 Å². The lowest BCUT2D eigenvalue weighted by Crippen LogP contribution is -2.37. The van der Waals surface area contributed by atoms with Gasteiger partial charge in [0.05, 0.1) is 11.3 Å². The average Bonchev–Trinajstić information content (AvgIpc) is 2.64. The Morgan fingerprint density at radius 2 is 1.88 bits per heavy atom. The molecule has 0 saturated carbocycles. The number of aromatic nitrogens is 2. The van der Waals surface area contributed by atoms with Crippen molar-refractivity contribution >= 4 is 11.8 Å². The van der Waals surface area contributed by atoms with Crippen molar-refractivity contribution in [1.29, 1.82) is 0 Å². The predicted molar refractivity (Wildman–Crippen MR) is 88.7 cm³/mol. The number of benzene rings is 1. The van der Waals surface area contributed by atoms with Crippen LogP contribution in [0.1, 0.15) is 23.0 Å². The highest BCUT2D eigenvalue weighted by atomic mass is 16.5. The van der Waals surface area contributed by atoms with E-state index in [0.29, 0.717) is 36.5 Å². The molecule has 1 aromatic heterocycles. The molecule has 0 aliphatic heterocycles. The van der Waals surface area contributed by atoms with Crippen molar-refractivity contribution in [2.24, 2.45) is 0 Å². The highest BCUT2D eigenvalue weighted by Gasteiger charge is 2.11. The first-order valence-electron chi connectivity index (χ1n) is 7.72. The second-order valence-electron chi connectivity index (χ2n) is 4.94. The van der Waals surface area contributed by atoms with Gasteiger partial charge >= 0.3 is 0 Å². The summed E-state index contributed by atoms with van der Waals surface area (Å²) in [5.74, 6) is 0.143. The number of hydrogen-bond donors (Lipinski definition) is 2. The number of rotatable bonds is 8. The van der Waals surface area contributed by atoms with Crippen molar-refractivity contribution in [2.45, 2.75) is 13.3 Å². The zero-order valence-corrected chi connectivity index (χ0v) is 13.5. The van der Waals surface area contributed by atoms with E-state index in [1.165, 1.54) is 12.5 Å². The van der Waals surface area contributed by atoms with E-state index < -0.39 is 0 Å². The van der Waals surface area contributed by atoms with Crippen molar-refractivity contribution in [2.75, 3.05) is 19.7 Å². The lowest BCUT2D eigenvalue weighted by molar-refractivity contribution is -0.123. The van der Waals surface area contributed by atoms with Gasteiger partial charge in [-0.05, 0) is 18.6 Å². The number of nitrogens with one attached hydrogen (secondary N) is 2. The molecule has 0 spiro atoms. The molecule has 0 aliphatic rings. The second kappa shape index (κ2) is 9.24. The van der Waals surface area contributed by atoms with E-state index >= 15 is 0 Å². The van der Waals surface area contributed by atoms with E-state index in [4.69, 9.17) is 4.74 Å². The molecule has 0 bridgehead atoms. The summed E-state index contributed by atoms with van der Waals surface area (Å²) >= 11 is 0. The summed E-state index contributed by atoms with van der Waals surface area (Å²) in [4.78, 5) is 31.6. The summed E-state index contributed by atoms with van der Waals surface area (Å²) in [7, 11) is 0. The Kier molecular flexibility index (Phi) is 6.70. The molecule has 0 fully saturated rings. The van der Waals surface area contributed by atoms with Crippen molar-refractivity contribution in [3.63, 3.8) is 0 Å². The first kappa shape index (κ1) is 17.4. The maximum absolute atomic E-state index is 12.1. The van der Waals surface area contributed by atoms with Gasteiger partial charge in [-0.1, -0.05) is 25.1 Å². The number of ether oxygens (including phenoxy) is 1. The van der Waals surface area contributed by atoms with Crippen LogP contribution >= 0.6 is 0 Å². The zero-order valence-electron chi connectivity index (χ0n) is 13.5. The number of carbonyl (C=O) groups excluding carboxylic acids is 2. The van der Waals surface area contributed by atoms with Gasteiger partial charge in [0, 0.05) is 19.3 Å². The number of hydrogen-bond acceptors (Lipinski definition) is 5. The Labute approximate surface area is 140 Å². The van der Waals surface area contributed by atoms with Gasteiger partial charge in [-0.25, -0.2) is 9.97 Å². The van der Waals surface area contributed by atoms with Crippen LogP contribution in [-0.2, 0) is 11.2 Å². The largest absolute Gasteiger partial charge is 0.484 e. The van der Waals surface area contributed by atoms with E-state index in [1.807, 2.05) is 25.1 Å². The van der Waals surface area contributed by atoms with Crippen LogP contribution in [0.2, 0.25) is 0 Å². The summed E-state index contributed by atoms with van der Waals surface area (Å²) in [6.45, 7) is 2.49. The van der Waals surface area contributed by atoms with Crippen molar-refractivity contribution < 1.29 is 14.3 Å². The Balaban J connectivity index is 1.67. The van der Waals surface area contributed by atoms with E-state index in [9.17, 15) is 9.59 Å². The molecule has 1 aromatic carbocycles. The molecule has 2 rings (SSSR count). The van der Waals surface area contributed by atoms with E-state index in [2.05, 4.69) is 20.6 Å². The molecule has 7 nitrogen and oxygen atoms in total. The maximum Gasteiger partial charge on any atom is 0.258 e. The molecule has 2 amide bonds. The third kappa shape index (κ3) is 5.35. The van der Waals surface area contributed by atoms with E-state index in [0.717, 1.165) is 0 Å². The third-order valence-corrected chi connectivity index (χ3v) is 3.22. The van der Waals surface area contributed by atoms with Crippen LogP contribution in [-0.4, -0.2) is 41.5 Å². The summed E-state index contributed by atoms with van der Waals surface area (Å²) in [5, 5.41) is 5.41. The van der Waals surface area contributed by atoms with Crippen LogP contribution in [0.5, 0.6) is 5.75 Å². The number of para-hydroxylation sites is 1. The minimum absolute atomic E-state index is 0.0650. The highest BCUT2D eigenvalue weighted by Crippen LogP contribution is 2.07. The van der Waals surface area contributed by atoms with Crippen LogP contribution in [0.3, 0.4) is 0 Å². The normalized spacial score (nSPS) is 10.0. The molecule has 2 aromatic rings. The predicted octanol–water partition coefficient (Wildman–Crippen LogP) is 0.964. The van der Waals surface area contributed by atoms with Gasteiger partial charge in [-0.2, -0.15) is 0 Å². The Morgan fingerprint density at radius 1 is 1.12 bits per heavy atom. The lowest BCUT2D eigenvalue weighted by Gasteiger charge is -2.09. The van der Waals surface area contributed by atoms with Crippen LogP contribution in [0, 0.1) is 0 Å². The minimum Gasteiger partial charge on any atom is -0.484 e. The lowest BCUT2D eigenvalue weighted by atomic mass is 10.2. The van der Waals surface area contributed by atoms with Gasteiger partial charge in [0.25, 0.3) is 11.8 Å². The monoisotopic (exact) mass is 328 g/mol. The van der Waals surface area contributed by atoms with Crippen LogP contribution in [0.4, 0.5) is 0 Å². The quantitative estimate of drug-likeness (QED) is 0.704. The Bertz CT molecular complexity index is 677. The summed E-state index contributed by atoms with van der Waals surface area (Å²) in [6, 6.07) is 9.10. The Hall–Kier alpha value is -2.96. The molecule has 7 heteroatoms. The standard InChI is InChI=1S/C17H20N4O3/c1-2-15-14(10-18-12-21-15)17(23)20-9-8-19-16(22)11-24-13-6-4-3-5-7-13/h3-7,10,12H,2,8-9,11H2,1H3,(H,19,22)(H,20,23). The van der Waals surface area contributed by atoms with E-state index in [-0.39, 0.29) is 18.4 Å². The highest BCUT2D eigenvalue weighted by molar-refractivity contribution is 5.94. The molecule has 24 heavy (non-hydrogen) atoms. The van der Waals surface area contributed by atoms with Crippen LogP contribution < -0.4 is 15.4 Å². The molecule has 1 heterocycles. The van der Waals surface area contributed by atoms with Gasteiger partial charge in [-0.15, -0.1) is 0 Å². The number of carbonyl (C=O) groups is 2. The molecular weight excluding hydrogens is 308 g/mol. The first-order chi connectivity index (χ1) is 11.7. The summed E-state index contributed by atoms with van der Waals surface area (Å²) in [6.07, 6.45) is 3.56. The summed E-state index contributed by atoms with van der Waals surface area (Å²) in [5.41, 5.74) is 1.15. The SMILES string of the molecule is CCc1ncncc1C(=O)NCCNC(=O)COc1ccccc1. The number of aryl methyl sites for hydroxylation is 1. The first-order valence-corrected chi connectivity index (χ1v) is 7.72. The van der Waals surface area contributed by atoms with Gasteiger partial charge < -0.3 is 15.4 Å². The molecule has 0 atom stereocenters. The van der Waals surface area contributed by atoms with Gasteiger partial charge in [0.1, 0.15) is 12.1 Å². The number of nitrogens with zero attached hydrogens (tertiary/aromatic N) is 2. The van der Waals surface area contributed by atoms with Gasteiger partial charge in [-0.3, -0.25) is 9.59 Å². The van der Waals surface area contributed by atoms with Crippen molar-refractivity contribution in [3.8, 4) is 5.75 Å². The van der Waals surface area contributed by atoms with Crippen LogP contribution in [0.15, 0.2) is 42.9 Å². The molecule has 2 N–H and O–H groups in total. The molecule has 0 unspecified atom stereocenters. The third-order valence-electron chi connectivity index (χ3n) is 3.22. The number of amides is 2. The smallest absolute Gasteiger partial charge is 0.258 e. The maximum atomic E-state index is 12.1. The molecular formula is C17H20N4O3. The topological polar surface area (TPSA) is 93.2 Å². The average molecular weight is 328 g/mol. The fraction of sp³-hybridized carbons (Fsp3) is 0.294. The van der Waals surface area contributed by atoms with Gasteiger partial charge in [0.2, 0.25) is 0 Å². The minimum atomic E-state index is -0.248. The zero-order chi connectivity index (χ0) is 17.2. The molecule has 0 saturated heterocycles. The van der Waals surface area contributed by atoms with Crippen LogP contribution in [0.25, 0.3) is 0 Å². The molecule has 0 aliphatic carbocycles. The fourth-order valence-electron chi connectivity index (χ4n) is 2.02. The summed E-state index contributed by atoms with van der Waals surface area (Å²) < 4.78 is 5.33. The second-order valence-corrected chi connectivity index (χ2v) is 4.94.